The first-order chi connectivity index (χ1) is 15.3. The van der Waals surface area contributed by atoms with E-state index in [1.54, 1.807) is 7.11 Å². The average Bonchev–Trinajstić information content (AvgIpc) is 3.32. The molecule has 1 aliphatic heterocycles. The minimum atomic E-state index is 0.331. The standard InChI is InChI=1S/C24H33N3O4/c1-29-22-15-19-21(16-23(22)31-13-6-12-27-10-4-5-11-27)26-20-8-3-2-7-18(20)24(19)25-9-14-30-17-28/h15-17H,2-14H2,1H3,(H,25,26). The normalized spacial score (nSPS) is 16.2. The lowest BCUT2D eigenvalue weighted by molar-refractivity contribution is -0.128. The quantitative estimate of drug-likeness (QED) is 0.434. The SMILES string of the molecule is COc1cc2c(NCCOC=O)c3c(nc2cc1OCCCN1CCCC1)CCCC3. The molecule has 0 amide bonds. The molecule has 168 valence electrons. The first kappa shape index (κ1) is 21.7. The summed E-state index contributed by atoms with van der Waals surface area (Å²) in [4.78, 5) is 17.9. The fourth-order valence-corrected chi connectivity index (χ4v) is 4.67. The number of pyridine rings is 1. The topological polar surface area (TPSA) is 72.9 Å². The molecule has 0 bridgehead atoms. The largest absolute Gasteiger partial charge is 0.493 e. The minimum Gasteiger partial charge on any atom is -0.493 e. The Hall–Kier alpha value is -2.54. The Balaban J connectivity index is 1.56. The van der Waals surface area contributed by atoms with Crippen molar-refractivity contribution in [3.8, 4) is 11.5 Å². The van der Waals surface area contributed by atoms with Crippen molar-refractivity contribution < 1.29 is 19.0 Å². The molecule has 1 saturated heterocycles. The number of rotatable bonds is 11. The molecule has 31 heavy (non-hydrogen) atoms. The molecule has 1 aromatic heterocycles. The summed E-state index contributed by atoms with van der Waals surface area (Å²) >= 11 is 0. The van der Waals surface area contributed by atoms with Crippen molar-refractivity contribution in [2.75, 3.05) is 51.8 Å². The molecule has 0 saturated carbocycles. The molecule has 1 aromatic carbocycles. The third-order valence-electron chi connectivity index (χ3n) is 6.21. The van der Waals surface area contributed by atoms with Crippen LogP contribution in [0.5, 0.6) is 11.5 Å². The maximum absolute atomic E-state index is 10.5. The first-order valence-electron chi connectivity index (χ1n) is 11.5. The summed E-state index contributed by atoms with van der Waals surface area (Å²) in [7, 11) is 1.68. The van der Waals surface area contributed by atoms with Gasteiger partial charge < -0.3 is 24.4 Å². The summed E-state index contributed by atoms with van der Waals surface area (Å²) in [6.07, 6.45) is 7.95. The molecule has 0 spiro atoms. The lowest BCUT2D eigenvalue weighted by Gasteiger charge is -2.22. The zero-order valence-electron chi connectivity index (χ0n) is 18.5. The first-order valence-corrected chi connectivity index (χ1v) is 11.5. The lowest BCUT2D eigenvalue weighted by atomic mass is 9.92. The third-order valence-corrected chi connectivity index (χ3v) is 6.21. The Morgan fingerprint density at radius 3 is 2.74 bits per heavy atom. The van der Waals surface area contributed by atoms with Gasteiger partial charge in [-0.2, -0.15) is 0 Å². The molecule has 1 N–H and O–H groups in total. The van der Waals surface area contributed by atoms with Crippen LogP contribution in [0.25, 0.3) is 10.9 Å². The van der Waals surface area contributed by atoms with Crippen LogP contribution in [0.3, 0.4) is 0 Å². The molecule has 2 aliphatic rings. The number of nitrogens with zero attached hydrogens (tertiary/aromatic N) is 2. The molecule has 0 unspecified atom stereocenters. The molecule has 2 aromatic rings. The molecule has 7 heteroatoms. The Morgan fingerprint density at radius 2 is 1.94 bits per heavy atom. The van der Waals surface area contributed by atoms with Gasteiger partial charge in [0.05, 0.1) is 19.2 Å². The molecule has 1 aliphatic carbocycles. The monoisotopic (exact) mass is 427 g/mol. The summed E-state index contributed by atoms with van der Waals surface area (Å²) in [6.45, 7) is 5.54. The Labute approximate surface area is 184 Å². The van der Waals surface area contributed by atoms with E-state index in [0.717, 1.165) is 72.4 Å². The highest BCUT2D eigenvalue weighted by Crippen LogP contribution is 2.39. The molecule has 4 rings (SSSR count). The van der Waals surface area contributed by atoms with E-state index in [1.165, 1.54) is 31.5 Å². The number of aryl methyl sites for hydroxylation is 1. The van der Waals surface area contributed by atoms with Gasteiger partial charge in [-0.3, -0.25) is 9.78 Å². The van der Waals surface area contributed by atoms with Crippen LogP contribution in [0.4, 0.5) is 5.69 Å². The Morgan fingerprint density at radius 1 is 1.10 bits per heavy atom. The van der Waals surface area contributed by atoms with E-state index in [0.29, 0.717) is 26.2 Å². The van der Waals surface area contributed by atoms with Crippen LogP contribution in [0, 0.1) is 0 Å². The summed E-state index contributed by atoms with van der Waals surface area (Å²) in [5.41, 5.74) is 4.41. The number of aromatic nitrogens is 1. The number of hydrogen-bond donors (Lipinski definition) is 1. The number of ether oxygens (including phenoxy) is 3. The van der Waals surface area contributed by atoms with Gasteiger partial charge in [-0.25, -0.2) is 0 Å². The summed E-state index contributed by atoms with van der Waals surface area (Å²) < 4.78 is 16.6. The van der Waals surface area contributed by atoms with Crippen LogP contribution in [0.1, 0.15) is 43.4 Å². The van der Waals surface area contributed by atoms with Gasteiger partial charge in [0.25, 0.3) is 6.47 Å². The Bertz CT molecular complexity index is 896. The fraction of sp³-hybridized carbons (Fsp3) is 0.583. The van der Waals surface area contributed by atoms with Crippen LogP contribution in [-0.4, -0.2) is 62.9 Å². The van der Waals surface area contributed by atoms with Crippen LogP contribution in [0.2, 0.25) is 0 Å². The maximum atomic E-state index is 10.5. The molecule has 1 fully saturated rings. The van der Waals surface area contributed by atoms with E-state index in [1.807, 2.05) is 12.1 Å². The summed E-state index contributed by atoms with van der Waals surface area (Å²) in [5.74, 6) is 1.47. The van der Waals surface area contributed by atoms with Gasteiger partial charge >= 0.3 is 0 Å². The molecular weight excluding hydrogens is 394 g/mol. The van der Waals surface area contributed by atoms with Gasteiger partial charge in [0, 0.05) is 35.9 Å². The number of carbonyl (C=O) groups is 1. The number of nitrogens with one attached hydrogen (secondary N) is 1. The smallest absolute Gasteiger partial charge is 0.293 e. The second kappa shape index (κ2) is 10.7. The second-order valence-corrected chi connectivity index (χ2v) is 8.28. The molecule has 0 radical (unpaired) electrons. The number of likely N-dealkylation sites (tertiary alicyclic amines) is 1. The van der Waals surface area contributed by atoms with Gasteiger partial charge in [0.15, 0.2) is 11.5 Å². The van der Waals surface area contributed by atoms with Crippen molar-refractivity contribution in [3.05, 3.63) is 23.4 Å². The van der Waals surface area contributed by atoms with Crippen molar-refractivity contribution in [2.24, 2.45) is 0 Å². The van der Waals surface area contributed by atoms with Crippen molar-refractivity contribution in [2.45, 2.75) is 44.9 Å². The van der Waals surface area contributed by atoms with Gasteiger partial charge in [0.2, 0.25) is 0 Å². The minimum absolute atomic E-state index is 0.331. The zero-order chi connectivity index (χ0) is 21.5. The van der Waals surface area contributed by atoms with Crippen LogP contribution < -0.4 is 14.8 Å². The number of hydrogen-bond acceptors (Lipinski definition) is 7. The van der Waals surface area contributed by atoms with Crippen LogP contribution >= 0.6 is 0 Å². The fourth-order valence-electron chi connectivity index (χ4n) is 4.67. The van der Waals surface area contributed by atoms with E-state index in [2.05, 4.69) is 10.2 Å². The average molecular weight is 428 g/mol. The van der Waals surface area contributed by atoms with Gasteiger partial charge in [-0.1, -0.05) is 0 Å². The zero-order valence-corrected chi connectivity index (χ0v) is 18.5. The molecular formula is C24H33N3O4. The molecule has 7 nitrogen and oxygen atoms in total. The summed E-state index contributed by atoms with van der Waals surface area (Å²) in [5, 5.41) is 4.50. The van der Waals surface area contributed by atoms with Gasteiger partial charge in [-0.05, 0) is 69.7 Å². The predicted octanol–water partition coefficient (Wildman–Crippen LogP) is 3.57. The van der Waals surface area contributed by atoms with Gasteiger partial charge in [0.1, 0.15) is 6.61 Å². The van der Waals surface area contributed by atoms with Crippen molar-refractivity contribution in [1.82, 2.24) is 9.88 Å². The maximum Gasteiger partial charge on any atom is 0.293 e. The summed E-state index contributed by atoms with van der Waals surface area (Å²) in [6, 6.07) is 4.03. The van der Waals surface area contributed by atoms with E-state index >= 15 is 0 Å². The van der Waals surface area contributed by atoms with Crippen molar-refractivity contribution in [3.63, 3.8) is 0 Å². The van der Waals surface area contributed by atoms with E-state index in [4.69, 9.17) is 19.2 Å². The number of fused-ring (bicyclic) bond motifs is 2. The number of anilines is 1. The lowest BCUT2D eigenvalue weighted by Crippen LogP contribution is -2.22. The number of methoxy groups -OCH3 is 1. The predicted molar refractivity (Wildman–Crippen MR) is 121 cm³/mol. The van der Waals surface area contributed by atoms with Gasteiger partial charge in [-0.15, -0.1) is 0 Å². The van der Waals surface area contributed by atoms with Crippen molar-refractivity contribution in [1.29, 1.82) is 0 Å². The van der Waals surface area contributed by atoms with E-state index in [-0.39, 0.29) is 0 Å². The Kier molecular flexibility index (Phi) is 7.46. The third kappa shape index (κ3) is 5.21. The highest BCUT2D eigenvalue weighted by atomic mass is 16.5. The highest BCUT2D eigenvalue weighted by molar-refractivity contribution is 5.95. The van der Waals surface area contributed by atoms with Crippen molar-refractivity contribution >= 4 is 23.1 Å². The second-order valence-electron chi connectivity index (χ2n) is 8.28. The number of carbonyl (C=O) groups excluding carboxylic acids is 1. The van der Waals surface area contributed by atoms with E-state index < -0.39 is 0 Å². The van der Waals surface area contributed by atoms with E-state index in [9.17, 15) is 4.79 Å². The highest BCUT2D eigenvalue weighted by Gasteiger charge is 2.20. The van der Waals surface area contributed by atoms with Crippen LogP contribution in [-0.2, 0) is 22.4 Å². The number of benzene rings is 1. The van der Waals surface area contributed by atoms with Crippen LogP contribution in [0.15, 0.2) is 12.1 Å². The molecule has 0 atom stereocenters. The molecule has 2 heterocycles.